The third-order valence-electron chi connectivity index (χ3n) is 6.23. The minimum Gasteiger partial charge on any atom is -0.454 e. The Morgan fingerprint density at radius 1 is 1.00 bits per heavy atom. The van der Waals surface area contributed by atoms with Crippen LogP contribution in [-0.4, -0.2) is 28.9 Å². The Hall–Kier alpha value is -4.20. The lowest BCUT2D eigenvalue weighted by Gasteiger charge is -2.18. The summed E-state index contributed by atoms with van der Waals surface area (Å²) in [4.78, 5) is 17.7. The molecule has 172 valence electrons. The molecule has 2 aromatic heterocycles. The summed E-state index contributed by atoms with van der Waals surface area (Å²) in [5, 5.41) is 3.04. The highest BCUT2D eigenvalue weighted by Crippen LogP contribution is 2.38. The molecule has 34 heavy (non-hydrogen) atoms. The zero-order chi connectivity index (χ0) is 23.1. The third-order valence-corrected chi connectivity index (χ3v) is 6.23. The molecule has 0 aliphatic carbocycles. The summed E-state index contributed by atoms with van der Waals surface area (Å²) in [5.74, 6) is 2.54. The van der Waals surface area contributed by atoms with Crippen LogP contribution in [0.15, 0.2) is 60.9 Å². The maximum Gasteiger partial charge on any atom is 0.231 e. The zero-order valence-corrected chi connectivity index (χ0v) is 18.6. The standard InChI is InChI=1S/C26H23N3O5/c1-16-3-2-8-29-20(13-28-26(16)29)19(18-5-7-22-24(10-18)34-15-32-22)11-25(30)27-12-17-4-6-21-23(9-17)33-14-31-21/h2-10,13,19H,11-12,14-15H2,1H3,(H,27,30). The SMILES string of the molecule is Cc1cccn2c(C(CC(=O)NCc3ccc4c(c3)OCO4)c3ccc4c(c3)OCO4)cnc12. The first-order valence-electron chi connectivity index (χ1n) is 11.1. The first-order valence-corrected chi connectivity index (χ1v) is 11.1. The van der Waals surface area contributed by atoms with Crippen molar-refractivity contribution in [3.63, 3.8) is 0 Å². The van der Waals surface area contributed by atoms with Crippen molar-refractivity contribution in [2.24, 2.45) is 0 Å². The Morgan fingerprint density at radius 3 is 2.56 bits per heavy atom. The molecular formula is C26H23N3O5. The molecular weight excluding hydrogens is 434 g/mol. The molecule has 0 radical (unpaired) electrons. The third kappa shape index (κ3) is 3.67. The van der Waals surface area contributed by atoms with Crippen molar-refractivity contribution in [1.82, 2.24) is 14.7 Å². The second-order valence-corrected chi connectivity index (χ2v) is 8.40. The van der Waals surface area contributed by atoms with E-state index < -0.39 is 0 Å². The van der Waals surface area contributed by atoms with Crippen LogP contribution < -0.4 is 24.3 Å². The number of amides is 1. The van der Waals surface area contributed by atoms with Gasteiger partial charge in [-0.15, -0.1) is 0 Å². The van der Waals surface area contributed by atoms with Crippen molar-refractivity contribution < 1.29 is 23.7 Å². The van der Waals surface area contributed by atoms with Crippen molar-refractivity contribution >= 4 is 11.6 Å². The lowest BCUT2D eigenvalue weighted by atomic mass is 9.92. The fraction of sp³-hybridized carbons (Fsp3) is 0.231. The van der Waals surface area contributed by atoms with E-state index in [1.807, 2.05) is 67.8 Å². The molecule has 1 unspecified atom stereocenters. The summed E-state index contributed by atoms with van der Waals surface area (Å²) < 4.78 is 23.9. The number of pyridine rings is 1. The van der Waals surface area contributed by atoms with Gasteiger partial charge in [0.15, 0.2) is 23.0 Å². The Labute approximate surface area is 196 Å². The van der Waals surface area contributed by atoms with E-state index >= 15 is 0 Å². The number of fused-ring (bicyclic) bond motifs is 3. The smallest absolute Gasteiger partial charge is 0.231 e. The number of nitrogens with one attached hydrogen (secondary N) is 1. The van der Waals surface area contributed by atoms with Crippen molar-refractivity contribution in [3.05, 3.63) is 83.3 Å². The molecule has 0 saturated carbocycles. The minimum absolute atomic E-state index is 0.0667. The van der Waals surface area contributed by atoms with Crippen LogP contribution in [0.5, 0.6) is 23.0 Å². The van der Waals surface area contributed by atoms with Gasteiger partial charge in [-0.05, 0) is 53.9 Å². The van der Waals surface area contributed by atoms with Gasteiger partial charge in [0, 0.05) is 31.3 Å². The fourth-order valence-electron chi connectivity index (χ4n) is 4.46. The molecule has 4 heterocycles. The maximum atomic E-state index is 13.1. The molecule has 1 N–H and O–H groups in total. The van der Waals surface area contributed by atoms with Crippen molar-refractivity contribution in [2.45, 2.75) is 25.8 Å². The highest BCUT2D eigenvalue weighted by Gasteiger charge is 2.25. The number of rotatable bonds is 6. The second-order valence-electron chi connectivity index (χ2n) is 8.40. The summed E-state index contributed by atoms with van der Waals surface area (Å²) in [7, 11) is 0. The number of benzene rings is 2. The topological polar surface area (TPSA) is 83.3 Å². The van der Waals surface area contributed by atoms with Gasteiger partial charge < -0.3 is 28.7 Å². The molecule has 8 nitrogen and oxygen atoms in total. The first-order chi connectivity index (χ1) is 16.7. The predicted octanol–water partition coefficient (Wildman–Crippen LogP) is 3.94. The number of carbonyl (C=O) groups excluding carboxylic acids is 1. The number of imidazole rings is 1. The molecule has 0 bridgehead atoms. The van der Waals surface area contributed by atoms with Gasteiger partial charge in [-0.1, -0.05) is 18.2 Å². The van der Waals surface area contributed by atoms with Gasteiger partial charge in [-0.3, -0.25) is 4.79 Å². The molecule has 1 amide bonds. The number of aryl methyl sites for hydroxylation is 1. The fourth-order valence-corrected chi connectivity index (χ4v) is 4.46. The van der Waals surface area contributed by atoms with Gasteiger partial charge in [-0.25, -0.2) is 4.98 Å². The summed E-state index contributed by atoms with van der Waals surface area (Å²) in [5.41, 5.74) is 4.80. The molecule has 2 aliphatic heterocycles. The number of ether oxygens (including phenoxy) is 4. The Morgan fingerprint density at radius 2 is 1.74 bits per heavy atom. The summed E-state index contributed by atoms with van der Waals surface area (Å²) in [6.45, 7) is 2.85. The van der Waals surface area contributed by atoms with Gasteiger partial charge in [0.2, 0.25) is 19.5 Å². The first kappa shape index (κ1) is 20.4. The van der Waals surface area contributed by atoms with Gasteiger partial charge in [0.25, 0.3) is 0 Å². The predicted molar refractivity (Wildman–Crippen MR) is 123 cm³/mol. The van der Waals surface area contributed by atoms with Crippen LogP contribution >= 0.6 is 0 Å². The number of aromatic nitrogens is 2. The van der Waals surface area contributed by atoms with E-state index in [-0.39, 0.29) is 31.8 Å². The van der Waals surface area contributed by atoms with E-state index in [1.54, 1.807) is 0 Å². The Balaban J connectivity index is 1.28. The molecule has 0 fully saturated rings. The van der Waals surface area contributed by atoms with Gasteiger partial charge in [-0.2, -0.15) is 0 Å². The summed E-state index contributed by atoms with van der Waals surface area (Å²) in [6.07, 6.45) is 4.09. The summed E-state index contributed by atoms with van der Waals surface area (Å²) in [6, 6.07) is 15.5. The number of hydrogen-bond donors (Lipinski definition) is 1. The van der Waals surface area contributed by atoms with E-state index in [9.17, 15) is 4.79 Å². The Bertz CT molecular complexity index is 1400. The molecule has 2 aliphatic rings. The number of nitrogens with zero attached hydrogens (tertiary/aromatic N) is 2. The minimum atomic E-state index is -0.219. The number of hydrogen-bond acceptors (Lipinski definition) is 6. The van der Waals surface area contributed by atoms with Crippen LogP contribution in [0.2, 0.25) is 0 Å². The molecule has 0 saturated heterocycles. The van der Waals surface area contributed by atoms with Crippen molar-refractivity contribution in [1.29, 1.82) is 0 Å². The Kier molecular flexibility index (Phi) is 4.98. The van der Waals surface area contributed by atoms with E-state index in [2.05, 4.69) is 14.7 Å². The lowest BCUT2D eigenvalue weighted by molar-refractivity contribution is -0.121. The normalized spacial score (nSPS) is 14.4. The number of carbonyl (C=O) groups is 1. The highest BCUT2D eigenvalue weighted by atomic mass is 16.7. The van der Waals surface area contributed by atoms with Gasteiger partial charge in [0.05, 0.1) is 5.69 Å². The summed E-state index contributed by atoms with van der Waals surface area (Å²) >= 11 is 0. The van der Waals surface area contributed by atoms with E-state index in [4.69, 9.17) is 18.9 Å². The highest BCUT2D eigenvalue weighted by molar-refractivity contribution is 5.77. The van der Waals surface area contributed by atoms with E-state index in [0.717, 1.165) is 33.8 Å². The van der Waals surface area contributed by atoms with Crippen LogP contribution in [0.4, 0.5) is 0 Å². The molecule has 4 aromatic rings. The molecule has 8 heteroatoms. The molecule has 0 spiro atoms. The van der Waals surface area contributed by atoms with Crippen LogP contribution in [0.25, 0.3) is 5.65 Å². The monoisotopic (exact) mass is 457 g/mol. The van der Waals surface area contributed by atoms with Gasteiger partial charge in [0.1, 0.15) is 5.65 Å². The lowest BCUT2D eigenvalue weighted by Crippen LogP contribution is -2.25. The quantitative estimate of drug-likeness (QED) is 0.472. The molecule has 6 rings (SSSR count). The van der Waals surface area contributed by atoms with Crippen molar-refractivity contribution in [3.8, 4) is 23.0 Å². The van der Waals surface area contributed by atoms with Gasteiger partial charge >= 0.3 is 0 Å². The van der Waals surface area contributed by atoms with Crippen LogP contribution in [0.3, 0.4) is 0 Å². The average molecular weight is 457 g/mol. The molecule has 2 aromatic carbocycles. The zero-order valence-electron chi connectivity index (χ0n) is 18.6. The van der Waals surface area contributed by atoms with E-state index in [0.29, 0.717) is 23.8 Å². The maximum absolute atomic E-state index is 13.1. The van der Waals surface area contributed by atoms with Crippen LogP contribution in [-0.2, 0) is 11.3 Å². The second kappa shape index (κ2) is 8.30. The largest absolute Gasteiger partial charge is 0.454 e. The van der Waals surface area contributed by atoms with Crippen LogP contribution in [0.1, 0.15) is 34.7 Å². The molecule has 1 atom stereocenters. The van der Waals surface area contributed by atoms with E-state index in [1.165, 1.54) is 0 Å². The van der Waals surface area contributed by atoms with Crippen molar-refractivity contribution in [2.75, 3.05) is 13.6 Å². The average Bonchev–Trinajstić information content (AvgIpc) is 3.60. The van der Waals surface area contributed by atoms with Crippen LogP contribution in [0, 0.1) is 6.92 Å².